The summed E-state index contributed by atoms with van der Waals surface area (Å²) >= 11 is 1.65. The van der Waals surface area contributed by atoms with Crippen molar-refractivity contribution in [3.63, 3.8) is 0 Å². The standard InChI is InChI=1S/C25H28N4O3S/c1-18(30)19-7-2-4-9-21(19)27-24(31)11-6-16-33-25-20-8-3-5-10-22(20)26-23(28-25)17-29-12-14-32-15-13-29/h2-5,7-10H,6,11-17H2,1H3,(H,27,31). The monoisotopic (exact) mass is 464 g/mol. The topological polar surface area (TPSA) is 84.4 Å². The van der Waals surface area contributed by atoms with Crippen LogP contribution in [0.3, 0.4) is 0 Å². The van der Waals surface area contributed by atoms with Gasteiger partial charge in [-0.25, -0.2) is 9.97 Å². The van der Waals surface area contributed by atoms with E-state index in [1.165, 1.54) is 6.92 Å². The van der Waals surface area contributed by atoms with Gasteiger partial charge in [0.25, 0.3) is 0 Å². The first-order chi connectivity index (χ1) is 16.1. The van der Waals surface area contributed by atoms with Crippen molar-refractivity contribution in [1.82, 2.24) is 14.9 Å². The Balaban J connectivity index is 1.35. The highest BCUT2D eigenvalue weighted by Gasteiger charge is 2.15. The van der Waals surface area contributed by atoms with Crippen LogP contribution < -0.4 is 5.32 Å². The van der Waals surface area contributed by atoms with Crippen molar-refractivity contribution >= 4 is 40.0 Å². The molecule has 1 aromatic heterocycles. The summed E-state index contributed by atoms with van der Waals surface area (Å²) < 4.78 is 5.44. The molecule has 0 atom stereocenters. The summed E-state index contributed by atoms with van der Waals surface area (Å²) in [7, 11) is 0. The van der Waals surface area contributed by atoms with E-state index in [1.54, 1.807) is 30.0 Å². The number of benzene rings is 2. The largest absolute Gasteiger partial charge is 0.379 e. The van der Waals surface area contributed by atoms with E-state index in [0.29, 0.717) is 30.6 Å². The fourth-order valence-corrected chi connectivity index (χ4v) is 4.73. The minimum Gasteiger partial charge on any atom is -0.379 e. The van der Waals surface area contributed by atoms with Gasteiger partial charge in [-0.15, -0.1) is 11.8 Å². The van der Waals surface area contributed by atoms with Crippen LogP contribution in [0.25, 0.3) is 10.9 Å². The lowest BCUT2D eigenvalue weighted by atomic mass is 10.1. The number of aromatic nitrogens is 2. The Morgan fingerprint density at radius 2 is 1.82 bits per heavy atom. The Kier molecular flexibility index (Phi) is 8.04. The van der Waals surface area contributed by atoms with Crippen molar-refractivity contribution in [1.29, 1.82) is 0 Å². The first-order valence-electron chi connectivity index (χ1n) is 11.2. The number of hydrogen-bond donors (Lipinski definition) is 1. The molecule has 7 nitrogen and oxygen atoms in total. The molecule has 1 saturated heterocycles. The zero-order chi connectivity index (χ0) is 23.0. The van der Waals surface area contributed by atoms with Crippen molar-refractivity contribution in [3.8, 4) is 0 Å². The normalized spacial score (nSPS) is 14.3. The zero-order valence-electron chi connectivity index (χ0n) is 18.8. The van der Waals surface area contributed by atoms with E-state index in [2.05, 4.69) is 10.2 Å². The van der Waals surface area contributed by atoms with E-state index >= 15 is 0 Å². The van der Waals surface area contributed by atoms with Crippen LogP contribution in [0.5, 0.6) is 0 Å². The summed E-state index contributed by atoms with van der Waals surface area (Å²) in [6, 6.07) is 15.1. The lowest BCUT2D eigenvalue weighted by molar-refractivity contribution is -0.116. The number of nitrogens with zero attached hydrogens (tertiary/aromatic N) is 3. The molecule has 172 valence electrons. The molecule has 1 fully saturated rings. The van der Waals surface area contributed by atoms with E-state index in [1.807, 2.05) is 30.3 Å². The summed E-state index contributed by atoms with van der Waals surface area (Å²) in [6.07, 6.45) is 1.08. The van der Waals surface area contributed by atoms with Gasteiger partial charge in [0.1, 0.15) is 10.9 Å². The molecule has 1 N–H and O–H groups in total. The number of rotatable bonds is 9. The van der Waals surface area contributed by atoms with Crippen LogP contribution in [0.4, 0.5) is 5.69 Å². The molecule has 1 aliphatic rings. The Labute approximate surface area is 197 Å². The van der Waals surface area contributed by atoms with Gasteiger partial charge in [-0.05, 0) is 31.5 Å². The van der Waals surface area contributed by atoms with E-state index < -0.39 is 0 Å². The molecule has 1 aliphatic heterocycles. The van der Waals surface area contributed by atoms with Crippen molar-refractivity contribution < 1.29 is 14.3 Å². The Morgan fingerprint density at radius 3 is 2.64 bits per heavy atom. The highest BCUT2D eigenvalue weighted by molar-refractivity contribution is 7.99. The molecule has 0 spiro atoms. The molecule has 0 aliphatic carbocycles. The molecule has 0 unspecified atom stereocenters. The summed E-state index contributed by atoms with van der Waals surface area (Å²) in [5.41, 5.74) is 2.04. The number of amides is 1. The number of Topliss-reactive ketones (excluding diaryl/α,β-unsaturated/α-hetero) is 1. The first-order valence-corrected chi connectivity index (χ1v) is 12.2. The molecule has 2 heterocycles. The Morgan fingerprint density at radius 1 is 1.06 bits per heavy atom. The molecule has 4 rings (SSSR count). The maximum absolute atomic E-state index is 12.4. The van der Waals surface area contributed by atoms with Crippen LogP contribution in [0.15, 0.2) is 53.6 Å². The van der Waals surface area contributed by atoms with Gasteiger partial charge in [0.2, 0.25) is 5.91 Å². The van der Waals surface area contributed by atoms with E-state index in [9.17, 15) is 9.59 Å². The van der Waals surface area contributed by atoms with Gasteiger partial charge in [0.15, 0.2) is 5.78 Å². The fraction of sp³-hybridized carbons (Fsp3) is 0.360. The third-order valence-corrected chi connectivity index (χ3v) is 6.53. The highest BCUT2D eigenvalue weighted by Crippen LogP contribution is 2.26. The maximum atomic E-state index is 12.4. The van der Waals surface area contributed by atoms with Crippen molar-refractivity contribution in [3.05, 3.63) is 59.9 Å². The van der Waals surface area contributed by atoms with Gasteiger partial charge in [0, 0.05) is 36.2 Å². The number of hydrogen-bond acceptors (Lipinski definition) is 7. The molecule has 0 bridgehead atoms. The number of thioether (sulfide) groups is 1. The van der Waals surface area contributed by atoms with Crippen molar-refractivity contribution in [2.24, 2.45) is 0 Å². The summed E-state index contributed by atoms with van der Waals surface area (Å²) in [5.74, 6) is 1.42. The minimum atomic E-state index is -0.0927. The van der Waals surface area contributed by atoms with Crippen LogP contribution in [0.2, 0.25) is 0 Å². The summed E-state index contributed by atoms with van der Waals surface area (Å²) in [6.45, 7) is 5.48. The number of carbonyl (C=O) groups is 2. The smallest absolute Gasteiger partial charge is 0.224 e. The number of carbonyl (C=O) groups excluding carboxylic acids is 2. The molecule has 3 aromatic rings. The molecule has 2 aromatic carbocycles. The van der Waals surface area contributed by atoms with Crippen molar-refractivity contribution in [2.45, 2.75) is 31.3 Å². The van der Waals surface area contributed by atoms with Crippen LogP contribution >= 0.6 is 11.8 Å². The lowest BCUT2D eigenvalue weighted by Crippen LogP contribution is -2.36. The van der Waals surface area contributed by atoms with E-state index in [4.69, 9.17) is 14.7 Å². The molecule has 0 radical (unpaired) electrons. The Hall–Kier alpha value is -2.81. The second-order valence-electron chi connectivity index (χ2n) is 7.95. The van der Waals surface area contributed by atoms with Gasteiger partial charge in [-0.1, -0.05) is 30.3 Å². The quantitative estimate of drug-likeness (QED) is 0.220. The third-order valence-electron chi connectivity index (χ3n) is 5.45. The summed E-state index contributed by atoms with van der Waals surface area (Å²) in [4.78, 5) is 36.1. The van der Waals surface area contributed by atoms with Gasteiger partial charge in [-0.2, -0.15) is 0 Å². The third kappa shape index (κ3) is 6.37. The van der Waals surface area contributed by atoms with E-state index in [0.717, 1.165) is 53.8 Å². The number of nitrogens with one attached hydrogen (secondary N) is 1. The fourth-order valence-electron chi connectivity index (χ4n) is 3.75. The Bertz CT molecular complexity index is 1130. The minimum absolute atomic E-state index is 0.0648. The predicted molar refractivity (Wildman–Crippen MR) is 131 cm³/mol. The van der Waals surface area contributed by atoms with Crippen molar-refractivity contribution in [2.75, 3.05) is 37.4 Å². The second kappa shape index (κ2) is 11.4. The van der Waals surface area contributed by atoms with Crippen LogP contribution in [0.1, 0.15) is 35.9 Å². The molecule has 33 heavy (non-hydrogen) atoms. The number of morpholine rings is 1. The highest BCUT2D eigenvalue weighted by atomic mass is 32.2. The van der Waals surface area contributed by atoms with Crippen LogP contribution in [0, 0.1) is 0 Å². The first kappa shape index (κ1) is 23.4. The average Bonchev–Trinajstić information content (AvgIpc) is 2.82. The molecule has 8 heteroatoms. The van der Waals surface area contributed by atoms with Gasteiger partial charge in [0.05, 0.1) is 31.0 Å². The van der Waals surface area contributed by atoms with Gasteiger partial charge in [-0.3, -0.25) is 14.5 Å². The molecule has 0 saturated carbocycles. The van der Waals surface area contributed by atoms with Crippen LogP contribution in [-0.2, 0) is 16.1 Å². The molecule has 1 amide bonds. The maximum Gasteiger partial charge on any atom is 0.224 e. The van der Waals surface area contributed by atoms with Gasteiger partial charge < -0.3 is 10.1 Å². The van der Waals surface area contributed by atoms with Gasteiger partial charge >= 0.3 is 0 Å². The number of anilines is 1. The molecular formula is C25H28N4O3S. The second-order valence-corrected chi connectivity index (χ2v) is 9.04. The number of ketones is 1. The number of fused-ring (bicyclic) bond motifs is 1. The number of para-hydroxylation sites is 2. The number of ether oxygens (including phenoxy) is 1. The predicted octanol–water partition coefficient (Wildman–Crippen LogP) is 4.18. The average molecular weight is 465 g/mol. The zero-order valence-corrected chi connectivity index (χ0v) is 19.6. The van der Waals surface area contributed by atoms with Crippen LogP contribution in [-0.4, -0.2) is 58.6 Å². The van der Waals surface area contributed by atoms with E-state index in [-0.39, 0.29) is 11.7 Å². The summed E-state index contributed by atoms with van der Waals surface area (Å²) in [5, 5.41) is 4.85. The lowest BCUT2D eigenvalue weighted by Gasteiger charge is -2.25. The molecular weight excluding hydrogens is 436 g/mol. The SMILES string of the molecule is CC(=O)c1ccccc1NC(=O)CCCSc1nc(CN2CCOCC2)nc2ccccc12.